The number of methoxy groups -OCH3 is 2. The van der Waals surface area contributed by atoms with Crippen LogP contribution in [0.1, 0.15) is 7.43 Å². The smallest absolute Gasteiger partial charge is 0.188 e. The van der Waals surface area contributed by atoms with Gasteiger partial charge in [-0.25, -0.2) is 0 Å². The molecule has 0 saturated heterocycles. The highest BCUT2D eigenvalue weighted by molar-refractivity contribution is 6.11. The van der Waals surface area contributed by atoms with Crippen LogP contribution < -0.4 is 9.47 Å². The monoisotopic (exact) mass is 676 g/mol. The van der Waals surface area contributed by atoms with E-state index in [9.17, 15) is 10.2 Å². The predicted molar refractivity (Wildman–Crippen MR) is 209 cm³/mol. The van der Waals surface area contributed by atoms with Gasteiger partial charge in [-0.2, -0.15) is 0 Å². The van der Waals surface area contributed by atoms with Crippen molar-refractivity contribution in [1.82, 2.24) is 0 Å². The maximum absolute atomic E-state index is 10.4. The number of phenols is 2. The Balaban J connectivity index is 0.000000177. The summed E-state index contributed by atoms with van der Waals surface area (Å²) in [5.74, 6) is 1.84. The molecule has 0 unspecified atom stereocenters. The molecule has 0 spiro atoms. The lowest BCUT2D eigenvalue weighted by Crippen LogP contribution is -2.03. The van der Waals surface area contributed by atoms with E-state index < -0.39 is 0 Å². The number of benzene rings is 8. The summed E-state index contributed by atoms with van der Waals surface area (Å²) in [5, 5.41) is 29.2. The minimum absolute atomic E-state index is 0. The van der Waals surface area contributed by atoms with Gasteiger partial charge in [-0.3, -0.25) is 0 Å². The van der Waals surface area contributed by atoms with Crippen LogP contribution in [0.5, 0.6) is 23.0 Å². The molecule has 0 atom stereocenters. The third-order valence-electron chi connectivity index (χ3n) is 8.76. The molecule has 0 saturated carbocycles. The van der Waals surface area contributed by atoms with Crippen molar-refractivity contribution in [3.63, 3.8) is 0 Å². The minimum Gasteiger partial charge on any atom is -0.507 e. The zero-order valence-corrected chi connectivity index (χ0v) is 27.8. The van der Waals surface area contributed by atoms with Crippen LogP contribution in [0.4, 0.5) is 0 Å². The molecule has 8 aromatic carbocycles. The van der Waals surface area contributed by atoms with E-state index in [0.717, 1.165) is 65.7 Å². The molecular formula is C45H40O6. The maximum atomic E-state index is 10.4. The van der Waals surface area contributed by atoms with E-state index in [1.165, 1.54) is 0 Å². The highest BCUT2D eigenvalue weighted by atomic mass is 16.7. The second kappa shape index (κ2) is 15.6. The summed E-state index contributed by atoms with van der Waals surface area (Å²) in [5.41, 5.74) is 3.32. The lowest BCUT2D eigenvalue weighted by atomic mass is 9.92. The normalized spacial score (nSPS) is 10.9. The summed E-state index contributed by atoms with van der Waals surface area (Å²) in [6.45, 7) is 0.342. The summed E-state index contributed by atoms with van der Waals surface area (Å²) in [4.78, 5) is 0. The van der Waals surface area contributed by atoms with Crippen molar-refractivity contribution >= 4 is 43.1 Å². The van der Waals surface area contributed by atoms with Crippen LogP contribution >= 0.6 is 0 Å². The largest absolute Gasteiger partial charge is 0.507 e. The molecule has 0 fully saturated rings. The molecular weight excluding hydrogens is 636 g/mol. The maximum Gasteiger partial charge on any atom is 0.188 e. The Morgan fingerprint density at radius 1 is 0.373 bits per heavy atom. The summed E-state index contributed by atoms with van der Waals surface area (Å²) in [6, 6.07) is 47.5. The molecule has 0 heterocycles. The van der Waals surface area contributed by atoms with Crippen molar-refractivity contribution in [3.05, 3.63) is 146 Å². The van der Waals surface area contributed by atoms with Gasteiger partial charge < -0.3 is 29.2 Å². The molecule has 2 N–H and O–H groups in total. The van der Waals surface area contributed by atoms with E-state index in [4.69, 9.17) is 18.9 Å². The molecule has 0 aromatic heterocycles. The van der Waals surface area contributed by atoms with Gasteiger partial charge >= 0.3 is 0 Å². The average Bonchev–Trinajstić information content (AvgIpc) is 3.16. The molecule has 0 aliphatic rings. The molecule has 51 heavy (non-hydrogen) atoms. The van der Waals surface area contributed by atoms with Gasteiger partial charge in [0.15, 0.2) is 13.6 Å². The van der Waals surface area contributed by atoms with Gasteiger partial charge in [0.1, 0.15) is 23.0 Å². The zero-order chi connectivity index (χ0) is 34.5. The van der Waals surface area contributed by atoms with Crippen LogP contribution in [0.25, 0.3) is 65.3 Å². The van der Waals surface area contributed by atoms with Gasteiger partial charge in [0, 0.05) is 36.5 Å². The molecule has 0 radical (unpaired) electrons. The first kappa shape index (κ1) is 34.8. The number of aromatic hydroxyl groups is 2. The predicted octanol–water partition coefficient (Wildman–Crippen LogP) is 11.3. The molecule has 0 aliphatic heterocycles. The lowest BCUT2D eigenvalue weighted by Gasteiger charge is -2.19. The lowest BCUT2D eigenvalue weighted by molar-refractivity contribution is 0.0502. The minimum atomic E-state index is 0. The van der Waals surface area contributed by atoms with Gasteiger partial charge in [-0.15, -0.1) is 0 Å². The summed E-state index contributed by atoms with van der Waals surface area (Å²) >= 11 is 0. The fraction of sp³-hybridized carbons (Fsp3) is 0.111. The number of hydrogen-bond acceptors (Lipinski definition) is 6. The van der Waals surface area contributed by atoms with Crippen LogP contribution in [-0.2, 0) is 9.47 Å². The van der Waals surface area contributed by atoms with Crippen LogP contribution in [0, 0.1) is 0 Å². The topological polar surface area (TPSA) is 77.4 Å². The van der Waals surface area contributed by atoms with Gasteiger partial charge in [0.05, 0.1) is 0 Å². The van der Waals surface area contributed by atoms with Crippen LogP contribution in [0.15, 0.2) is 146 Å². The Kier molecular flexibility index (Phi) is 10.7. The summed E-state index contributed by atoms with van der Waals surface area (Å²) in [6.07, 6.45) is 0. The Morgan fingerprint density at radius 3 is 1.00 bits per heavy atom. The molecule has 8 rings (SSSR count). The van der Waals surface area contributed by atoms with Gasteiger partial charge in [-0.1, -0.05) is 129 Å². The van der Waals surface area contributed by atoms with Crippen molar-refractivity contribution in [3.8, 4) is 45.3 Å². The molecule has 6 heteroatoms. The molecule has 6 nitrogen and oxygen atoms in total. The van der Waals surface area contributed by atoms with Crippen molar-refractivity contribution in [2.75, 3.05) is 27.8 Å². The van der Waals surface area contributed by atoms with Crippen molar-refractivity contribution < 1.29 is 29.2 Å². The highest BCUT2D eigenvalue weighted by Gasteiger charge is 2.19. The fourth-order valence-corrected chi connectivity index (χ4v) is 6.55. The van der Waals surface area contributed by atoms with Crippen LogP contribution in [0.2, 0.25) is 0 Å². The number of phenolic OH excluding ortho intramolecular Hbond substituents is 2. The van der Waals surface area contributed by atoms with E-state index in [0.29, 0.717) is 11.1 Å². The summed E-state index contributed by atoms with van der Waals surface area (Å²) < 4.78 is 22.2. The third-order valence-corrected chi connectivity index (χ3v) is 8.76. The average molecular weight is 677 g/mol. The van der Waals surface area contributed by atoms with E-state index in [2.05, 4.69) is 36.4 Å². The second-order valence-electron chi connectivity index (χ2n) is 11.8. The first-order valence-electron chi connectivity index (χ1n) is 16.3. The molecule has 256 valence electrons. The Hall–Kier alpha value is -6.08. The van der Waals surface area contributed by atoms with Crippen LogP contribution in [0.3, 0.4) is 0 Å². The van der Waals surface area contributed by atoms with E-state index >= 15 is 0 Å². The first-order valence-corrected chi connectivity index (χ1v) is 16.3. The quantitative estimate of drug-likeness (QED) is 0.156. The van der Waals surface area contributed by atoms with E-state index in [1.54, 1.807) is 26.4 Å². The van der Waals surface area contributed by atoms with Crippen molar-refractivity contribution in [2.45, 2.75) is 7.43 Å². The van der Waals surface area contributed by atoms with Gasteiger partial charge in [-0.05, 0) is 67.4 Å². The standard InChI is InChI=1S/C24H22O4.C20H14O2.CH4/c1-25-15-27-21-13-11-17-7-3-5-9-19(17)23(21)24-20-10-6-4-8-18(20)12-14-22(24)28-16-26-2;21-17-11-9-13-5-1-3-7-15(13)19(17)20-16-8-4-2-6-14(16)10-12-18(20)22;/h3-14H,15-16H2,1-2H3;1-12,21-22H;1H4. The molecule has 0 bridgehead atoms. The number of ether oxygens (including phenoxy) is 4. The Bertz CT molecular complexity index is 2280. The molecule has 8 aromatic rings. The number of hydrogen-bond donors (Lipinski definition) is 2. The summed E-state index contributed by atoms with van der Waals surface area (Å²) in [7, 11) is 3.23. The molecule has 0 amide bonds. The highest BCUT2D eigenvalue weighted by Crippen LogP contribution is 2.46. The van der Waals surface area contributed by atoms with Gasteiger partial charge in [0.25, 0.3) is 0 Å². The van der Waals surface area contributed by atoms with Crippen molar-refractivity contribution in [2.24, 2.45) is 0 Å². The van der Waals surface area contributed by atoms with Gasteiger partial charge in [0.2, 0.25) is 0 Å². The van der Waals surface area contributed by atoms with E-state index in [-0.39, 0.29) is 32.5 Å². The number of rotatable bonds is 8. The van der Waals surface area contributed by atoms with Crippen LogP contribution in [-0.4, -0.2) is 38.0 Å². The fourth-order valence-electron chi connectivity index (χ4n) is 6.55. The Labute approximate surface area is 297 Å². The SMILES string of the molecule is C.COCOc1ccc2ccccc2c1-c1c(OCOC)ccc2ccccc12.Oc1ccc2ccccc2c1-c1c(O)ccc2ccccc12. The molecule has 0 aliphatic carbocycles. The Morgan fingerprint density at radius 2 is 0.667 bits per heavy atom. The van der Waals surface area contributed by atoms with E-state index in [1.807, 2.05) is 97.1 Å². The third kappa shape index (κ3) is 6.88. The first-order chi connectivity index (χ1) is 24.6. The second-order valence-corrected chi connectivity index (χ2v) is 11.8. The zero-order valence-electron chi connectivity index (χ0n) is 27.8. The van der Waals surface area contributed by atoms with Crippen molar-refractivity contribution in [1.29, 1.82) is 0 Å². The number of fused-ring (bicyclic) bond motifs is 4.